The third-order valence-corrected chi connectivity index (χ3v) is 6.67. The SMILES string of the molecule is CC1=NCc2nc(-c3ccc(O)cc3F)cc(C(=O)N3CCC(N)(c4ccccc4)CC3)c21. The summed E-state index contributed by atoms with van der Waals surface area (Å²) < 4.78 is 14.6. The van der Waals surface area contributed by atoms with Gasteiger partial charge in [-0.2, -0.15) is 0 Å². The van der Waals surface area contributed by atoms with Crippen LogP contribution in [0, 0.1) is 5.82 Å². The number of fused-ring (bicyclic) bond motifs is 1. The molecule has 1 fully saturated rings. The summed E-state index contributed by atoms with van der Waals surface area (Å²) in [7, 11) is 0. The number of rotatable bonds is 3. The van der Waals surface area contributed by atoms with E-state index in [4.69, 9.17) is 5.73 Å². The number of likely N-dealkylation sites (tertiary alicyclic amines) is 1. The molecule has 1 aromatic heterocycles. The second-order valence-electron chi connectivity index (χ2n) is 8.76. The summed E-state index contributed by atoms with van der Waals surface area (Å²) in [4.78, 5) is 24.5. The Hall–Kier alpha value is -3.58. The fraction of sp³-hybridized carbons (Fsp3) is 0.269. The van der Waals surface area contributed by atoms with Gasteiger partial charge in [0.05, 0.1) is 23.5 Å². The highest BCUT2D eigenvalue weighted by molar-refractivity contribution is 6.11. The van der Waals surface area contributed by atoms with Gasteiger partial charge in [0.1, 0.15) is 11.6 Å². The van der Waals surface area contributed by atoms with E-state index in [9.17, 15) is 14.3 Å². The lowest BCUT2D eigenvalue weighted by Crippen LogP contribution is -2.50. The summed E-state index contributed by atoms with van der Waals surface area (Å²) in [6, 6.07) is 15.6. The van der Waals surface area contributed by atoms with Gasteiger partial charge in [-0.1, -0.05) is 30.3 Å². The normalized spacial score (nSPS) is 16.9. The van der Waals surface area contributed by atoms with E-state index in [0.717, 1.165) is 22.9 Å². The van der Waals surface area contributed by atoms with Gasteiger partial charge in [0, 0.05) is 41.5 Å². The summed E-state index contributed by atoms with van der Waals surface area (Å²) in [5, 5.41) is 9.56. The first-order valence-electron chi connectivity index (χ1n) is 11.0. The Labute approximate surface area is 191 Å². The molecule has 0 saturated carbocycles. The second kappa shape index (κ2) is 8.08. The number of benzene rings is 2. The minimum Gasteiger partial charge on any atom is -0.508 e. The molecule has 0 aliphatic carbocycles. The van der Waals surface area contributed by atoms with E-state index in [-0.39, 0.29) is 17.2 Å². The Bertz CT molecular complexity index is 1260. The van der Waals surface area contributed by atoms with E-state index in [2.05, 4.69) is 9.98 Å². The van der Waals surface area contributed by atoms with E-state index in [1.807, 2.05) is 42.2 Å². The molecule has 2 aromatic carbocycles. The average molecular weight is 445 g/mol. The van der Waals surface area contributed by atoms with Gasteiger partial charge in [0.25, 0.3) is 5.91 Å². The molecule has 0 spiro atoms. The Morgan fingerprint density at radius 2 is 1.85 bits per heavy atom. The molecule has 0 radical (unpaired) electrons. The maximum Gasteiger partial charge on any atom is 0.254 e. The number of pyridine rings is 1. The summed E-state index contributed by atoms with van der Waals surface area (Å²) in [6.45, 7) is 3.28. The van der Waals surface area contributed by atoms with Gasteiger partial charge in [-0.25, -0.2) is 9.37 Å². The monoisotopic (exact) mass is 444 g/mol. The molecule has 5 rings (SSSR count). The van der Waals surface area contributed by atoms with Crippen molar-refractivity contribution in [3.05, 3.63) is 82.8 Å². The van der Waals surface area contributed by atoms with Crippen LogP contribution in [0.2, 0.25) is 0 Å². The molecule has 6 nitrogen and oxygen atoms in total. The molecule has 1 saturated heterocycles. The fourth-order valence-corrected chi connectivity index (χ4v) is 4.74. The van der Waals surface area contributed by atoms with E-state index in [0.29, 0.717) is 49.4 Å². The average Bonchev–Trinajstić information content (AvgIpc) is 3.20. The molecule has 1 amide bonds. The van der Waals surface area contributed by atoms with Crippen molar-refractivity contribution < 1.29 is 14.3 Å². The largest absolute Gasteiger partial charge is 0.508 e. The third kappa shape index (κ3) is 3.78. The van der Waals surface area contributed by atoms with Crippen LogP contribution in [0.25, 0.3) is 11.3 Å². The van der Waals surface area contributed by atoms with Gasteiger partial charge in [0.15, 0.2) is 0 Å². The summed E-state index contributed by atoms with van der Waals surface area (Å²) in [5.41, 5.74) is 10.5. The number of hydrogen-bond acceptors (Lipinski definition) is 5. The number of nitrogens with two attached hydrogens (primary N) is 1. The number of phenols is 1. The predicted molar refractivity (Wildman–Crippen MR) is 125 cm³/mol. The number of aliphatic imine (C=N–C) groups is 1. The number of aromatic nitrogens is 1. The van der Waals surface area contributed by atoms with E-state index in [1.165, 1.54) is 12.1 Å². The molecule has 3 aromatic rings. The number of nitrogens with zero attached hydrogens (tertiary/aromatic N) is 3. The lowest BCUT2D eigenvalue weighted by molar-refractivity contribution is 0.0669. The Morgan fingerprint density at radius 3 is 2.55 bits per heavy atom. The van der Waals surface area contributed by atoms with Crippen molar-refractivity contribution >= 4 is 11.6 Å². The highest BCUT2D eigenvalue weighted by Crippen LogP contribution is 2.33. The fourth-order valence-electron chi connectivity index (χ4n) is 4.74. The van der Waals surface area contributed by atoms with Crippen LogP contribution in [0.3, 0.4) is 0 Å². The number of amides is 1. The molecule has 0 unspecified atom stereocenters. The molecule has 33 heavy (non-hydrogen) atoms. The minimum atomic E-state index is -0.592. The van der Waals surface area contributed by atoms with Crippen LogP contribution >= 0.6 is 0 Å². The number of carbonyl (C=O) groups excluding carboxylic acids is 1. The molecule has 7 heteroatoms. The summed E-state index contributed by atoms with van der Waals surface area (Å²) in [6.07, 6.45) is 1.31. The first-order valence-corrected chi connectivity index (χ1v) is 11.0. The van der Waals surface area contributed by atoms with Crippen molar-refractivity contribution in [1.82, 2.24) is 9.88 Å². The van der Waals surface area contributed by atoms with Gasteiger partial charge in [0.2, 0.25) is 0 Å². The Kier molecular flexibility index (Phi) is 5.21. The van der Waals surface area contributed by atoms with Crippen LogP contribution in [0.1, 0.15) is 46.9 Å². The maximum atomic E-state index is 14.6. The summed E-state index contributed by atoms with van der Waals surface area (Å²) in [5.74, 6) is -0.879. The number of aromatic hydroxyl groups is 1. The molecule has 0 bridgehead atoms. The number of hydrogen-bond donors (Lipinski definition) is 2. The van der Waals surface area contributed by atoms with Crippen molar-refractivity contribution in [2.45, 2.75) is 31.8 Å². The van der Waals surface area contributed by atoms with Crippen LogP contribution in [-0.2, 0) is 12.1 Å². The number of piperidine rings is 1. The first kappa shape index (κ1) is 21.3. The third-order valence-electron chi connectivity index (χ3n) is 6.67. The predicted octanol–water partition coefficient (Wildman–Crippen LogP) is 4.01. The van der Waals surface area contributed by atoms with Gasteiger partial charge in [-0.15, -0.1) is 0 Å². The van der Waals surface area contributed by atoms with Crippen LogP contribution in [0.5, 0.6) is 5.75 Å². The van der Waals surface area contributed by atoms with Gasteiger partial charge >= 0.3 is 0 Å². The maximum absolute atomic E-state index is 14.6. The minimum absolute atomic E-state index is 0.124. The van der Waals surface area contributed by atoms with Crippen LogP contribution in [0.4, 0.5) is 4.39 Å². The summed E-state index contributed by atoms with van der Waals surface area (Å²) >= 11 is 0. The van der Waals surface area contributed by atoms with Crippen molar-refractivity contribution in [2.75, 3.05) is 13.1 Å². The lowest BCUT2D eigenvalue weighted by Gasteiger charge is -2.39. The Balaban J connectivity index is 1.47. The highest BCUT2D eigenvalue weighted by Gasteiger charge is 2.35. The smallest absolute Gasteiger partial charge is 0.254 e. The quantitative estimate of drug-likeness (QED) is 0.639. The molecule has 3 heterocycles. The van der Waals surface area contributed by atoms with Crippen LogP contribution in [0.15, 0.2) is 59.6 Å². The Morgan fingerprint density at radius 1 is 1.12 bits per heavy atom. The van der Waals surface area contributed by atoms with Gasteiger partial charge in [-0.05, 0) is 43.5 Å². The molecule has 3 N–H and O–H groups in total. The van der Waals surface area contributed by atoms with E-state index >= 15 is 0 Å². The number of carbonyl (C=O) groups is 1. The van der Waals surface area contributed by atoms with Crippen LogP contribution in [-0.4, -0.2) is 39.7 Å². The van der Waals surface area contributed by atoms with E-state index < -0.39 is 11.4 Å². The van der Waals surface area contributed by atoms with Crippen molar-refractivity contribution in [1.29, 1.82) is 0 Å². The second-order valence-corrected chi connectivity index (χ2v) is 8.76. The van der Waals surface area contributed by atoms with Crippen LogP contribution < -0.4 is 5.73 Å². The number of phenolic OH excluding ortho intramolecular Hbond substituents is 1. The van der Waals surface area contributed by atoms with Gasteiger partial charge < -0.3 is 15.7 Å². The van der Waals surface area contributed by atoms with Crippen molar-refractivity contribution in [3.63, 3.8) is 0 Å². The molecule has 2 aliphatic rings. The zero-order chi connectivity index (χ0) is 23.2. The number of halogens is 1. The van der Waals surface area contributed by atoms with Gasteiger partial charge in [-0.3, -0.25) is 9.79 Å². The highest BCUT2D eigenvalue weighted by atomic mass is 19.1. The van der Waals surface area contributed by atoms with E-state index in [1.54, 1.807) is 6.07 Å². The zero-order valence-electron chi connectivity index (χ0n) is 18.4. The molecule has 168 valence electrons. The molecular formula is C26H25FN4O2. The standard InChI is InChI=1S/C26H25FN4O2/c1-16-24-20(14-22(30-23(24)15-29-16)19-8-7-18(32)13-21(19)27)25(33)31-11-9-26(28,10-12-31)17-5-3-2-4-6-17/h2-8,13-14,32H,9-12,15,28H2,1H3. The molecule has 0 atom stereocenters. The van der Waals surface area contributed by atoms with Crippen molar-refractivity contribution in [2.24, 2.45) is 10.7 Å². The topological polar surface area (TPSA) is 91.8 Å². The first-order chi connectivity index (χ1) is 15.9. The van der Waals surface area contributed by atoms with Crippen molar-refractivity contribution in [3.8, 4) is 17.0 Å². The zero-order valence-corrected chi connectivity index (χ0v) is 18.4. The molecule has 2 aliphatic heterocycles. The lowest BCUT2D eigenvalue weighted by atomic mass is 9.81. The molecular weight excluding hydrogens is 419 g/mol.